The fourth-order valence-electron chi connectivity index (χ4n) is 5.83. The molecule has 2 nitrogen and oxygen atoms in total. The molecule has 4 aromatic carbocycles. The predicted molar refractivity (Wildman–Crippen MR) is 180 cm³/mol. The molecule has 1 aliphatic rings. The van der Waals surface area contributed by atoms with Crippen LogP contribution >= 0.6 is 0 Å². The normalized spacial score (nSPS) is 13.0. The molecule has 0 saturated heterocycles. The van der Waals surface area contributed by atoms with Crippen LogP contribution in [-0.4, -0.2) is 24.3 Å². The second-order valence-corrected chi connectivity index (χ2v) is 14.9. The van der Waals surface area contributed by atoms with Gasteiger partial charge < -0.3 is 4.57 Å². The Balaban J connectivity index is 0.000000181. The zero-order valence-corrected chi connectivity index (χ0v) is 25.2. The minimum atomic E-state index is -2.06. The average molecular weight is 553 g/mol. The number of imidazole rings is 1. The van der Waals surface area contributed by atoms with Gasteiger partial charge in [0.25, 0.3) is 0 Å². The number of nitrogens with zero attached hydrogens (tertiary/aromatic N) is 2. The van der Waals surface area contributed by atoms with Crippen molar-refractivity contribution in [1.29, 1.82) is 0 Å². The fourth-order valence-corrected chi connectivity index (χ4v) is 9.92. The van der Waals surface area contributed by atoms with Gasteiger partial charge in [-0.3, -0.25) is 0 Å². The molecule has 1 aromatic heterocycles. The third kappa shape index (κ3) is 7.65. The Kier molecular flexibility index (Phi) is 10.2. The van der Waals surface area contributed by atoms with E-state index in [1.54, 1.807) is 0 Å². The van der Waals surface area contributed by atoms with E-state index in [1.165, 1.54) is 47.0 Å². The summed E-state index contributed by atoms with van der Waals surface area (Å²) in [5.41, 5.74) is 5.47. The predicted octanol–water partition coefficient (Wildman–Crippen LogP) is 6.43. The van der Waals surface area contributed by atoms with Gasteiger partial charge in [0.05, 0.1) is 6.33 Å². The molecule has 0 spiro atoms. The number of hydrogen-bond donors (Lipinski definition) is 0. The standard InChI is InChI=1S/C22H26N2Si.C15H15B/c1-2-3-4-11-18-25(20-24-17-16-23-19-24,21-12-7-5-8-13-21)22-14-9-6-10-15-22;1-3-7-13(8-4-1)16(15-11-12-15)14-9-5-2-6-10-14/h5-19H,2-4,20H2,1H3;1-10,15H,11-12H2. The molecule has 0 atom stereocenters. The lowest BCUT2D eigenvalue weighted by atomic mass is 9.37. The monoisotopic (exact) mass is 552 g/mol. The highest BCUT2D eigenvalue weighted by Gasteiger charge is 2.36. The lowest BCUT2D eigenvalue weighted by Gasteiger charge is -2.30. The van der Waals surface area contributed by atoms with Crippen LogP contribution in [0.2, 0.25) is 5.82 Å². The first-order chi connectivity index (χ1) is 20.3. The lowest BCUT2D eigenvalue weighted by molar-refractivity contribution is 0.814. The zero-order valence-electron chi connectivity index (χ0n) is 24.2. The van der Waals surface area contributed by atoms with Gasteiger partial charge in [-0.15, -0.1) is 0 Å². The summed E-state index contributed by atoms with van der Waals surface area (Å²) in [6.07, 6.45) is 15.7. The first kappa shape index (κ1) is 28.6. The van der Waals surface area contributed by atoms with Crippen LogP contribution in [0.25, 0.3) is 0 Å². The summed E-state index contributed by atoms with van der Waals surface area (Å²) in [5, 5.41) is 2.89. The van der Waals surface area contributed by atoms with E-state index in [4.69, 9.17) is 0 Å². The topological polar surface area (TPSA) is 17.8 Å². The highest BCUT2D eigenvalue weighted by Crippen LogP contribution is 2.38. The van der Waals surface area contributed by atoms with Crippen molar-refractivity contribution in [2.24, 2.45) is 0 Å². The van der Waals surface area contributed by atoms with E-state index in [-0.39, 0.29) is 0 Å². The van der Waals surface area contributed by atoms with Gasteiger partial charge in [-0.1, -0.05) is 182 Å². The van der Waals surface area contributed by atoms with Crippen LogP contribution in [0, 0.1) is 0 Å². The van der Waals surface area contributed by atoms with Gasteiger partial charge in [0.15, 0.2) is 8.07 Å². The van der Waals surface area contributed by atoms with Gasteiger partial charge in [0, 0.05) is 18.6 Å². The highest BCUT2D eigenvalue weighted by molar-refractivity contribution is 7.05. The maximum Gasteiger partial charge on any atom is 0.212 e. The number of rotatable bonds is 11. The largest absolute Gasteiger partial charge is 0.339 e. The number of allylic oxidation sites excluding steroid dienone is 1. The second-order valence-electron chi connectivity index (χ2n) is 11.1. The number of unbranched alkanes of at least 4 members (excludes halogenated alkanes) is 2. The molecule has 1 saturated carbocycles. The van der Waals surface area contributed by atoms with Crippen molar-refractivity contribution in [3.05, 3.63) is 152 Å². The minimum absolute atomic E-state index is 0.613. The first-order valence-corrected chi connectivity index (χ1v) is 17.4. The Morgan fingerprint density at radius 2 is 1.27 bits per heavy atom. The quantitative estimate of drug-likeness (QED) is 0.136. The summed E-state index contributed by atoms with van der Waals surface area (Å²) >= 11 is 0. The Morgan fingerprint density at radius 1 is 0.756 bits per heavy atom. The fraction of sp³-hybridized carbons (Fsp3) is 0.216. The molecule has 41 heavy (non-hydrogen) atoms. The van der Waals surface area contributed by atoms with Crippen LogP contribution in [0.3, 0.4) is 0 Å². The SMILES string of the molecule is CCCCC=C[Si](Cn1ccnc1)(c1ccccc1)c1ccccc1.c1ccc(B(c2ccccc2)C2CC2)cc1. The van der Waals surface area contributed by atoms with E-state index < -0.39 is 8.07 Å². The van der Waals surface area contributed by atoms with Gasteiger partial charge in [-0.05, 0) is 16.8 Å². The molecule has 0 N–H and O–H groups in total. The molecule has 206 valence electrons. The Morgan fingerprint density at radius 3 is 1.71 bits per heavy atom. The van der Waals surface area contributed by atoms with Gasteiger partial charge in [-0.2, -0.15) is 0 Å². The number of benzene rings is 4. The molecule has 0 amide bonds. The molecule has 1 fully saturated rings. The van der Waals surface area contributed by atoms with E-state index in [0.717, 1.165) is 18.4 Å². The first-order valence-electron chi connectivity index (χ1n) is 15.1. The summed E-state index contributed by atoms with van der Waals surface area (Å²) in [6, 6.07) is 43.8. The van der Waals surface area contributed by atoms with E-state index in [9.17, 15) is 0 Å². The maximum atomic E-state index is 4.26. The van der Waals surface area contributed by atoms with Gasteiger partial charge in [-0.25, -0.2) is 4.98 Å². The molecule has 0 bridgehead atoms. The van der Waals surface area contributed by atoms with Crippen LogP contribution in [0.4, 0.5) is 0 Å². The van der Waals surface area contributed by atoms with Crippen molar-refractivity contribution in [2.45, 2.75) is 51.0 Å². The summed E-state index contributed by atoms with van der Waals surface area (Å²) in [7, 11) is -2.06. The molecule has 1 heterocycles. The van der Waals surface area contributed by atoms with Crippen molar-refractivity contribution in [2.75, 3.05) is 0 Å². The van der Waals surface area contributed by atoms with E-state index >= 15 is 0 Å². The molecule has 5 aromatic rings. The van der Waals surface area contributed by atoms with Crippen molar-refractivity contribution < 1.29 is 0 Å². The highest BCUT2D eigenvalue weighted by atomic mass is 28.3. The zero-order chi connectivity index (χ0) is 28.2. The van der Waals surface area contributed by atoms with Gasteiger partial charge >= 0.3 is 0 Å². The Bertz CT molecular complexity index is 1360. The van der Waals surface area contributed by atoms with Crippen molar-refractivity contribution >= 4 is 36.1 Å². The minimum Gasteiger partial charge on any atom is -0.339 e. The third-order valence-corrected chi connectivity index (χ3v) is 12.5. The number of aromatic nitrogens is 2. The van der Waals surface area contributed by atoms with Gasteiger partial charge in [0.1, 0.15) is 0 Å². The summed E-state index contributed by atoms with van der Waals surface area (Å²) < 4.78 is 2.23. The van der Waals surface area contributed by atoms with Crippen LogP contribution in [0.5, 0.6) is 0 Å². The average Bonchev–Trinajstić information content (AvgIpc) is 3.74. The molecule has 6 rings (SSSR count). The molecule has 0 radical (unpaired) electrons. The van der Waals surface area contributed by atoms with E-state index in [1.807, 2.05) is 12.5 Å². The van der Waals surface area contributed by atoms with Crippen LogP contribution < -0.4 is 21.3 Å². The number of hydrogen-bond acceptors (Lipinski definition) is 1. The Labute approximate surface area is 247 Å². The Hall–Kier alpha value is -3.89. The van der Waals surface area contributed by atoms with Crippen LogP contribution in [0.1, 0.15) is 39.0 Å². The van der Waals surface area contributed by atoms with Crippen LogP contribution in [-0.2, 0) is 6.17 Å². The smallest absolute Gasteiger partial charge is 0.212 e. The molecule has 0 aliphatic heterocycles. The van der Waals surface area contributed by atoms with E-state index in [0.29, 0.717) is 6.71 Å². The summed E-state index contributed by atoms with van der Waals surface area (Å²) in [4.78, 5) is 4.26. The second kappa shape index (κ2) is 14.7. The molecule has 1 aliphatic carbocycles. The molecular weight excluding hydrogens is 511 g/mol. The van der Waals surface area contributed by atoms with Crippen molar-refractivity contribution in [1.82, 2.24) is 9.55 Å². The summed E-state index contributed by atoms with van der Waals surface area (Å²) in [5.74, 6) is 0.866. The van der Waals surface area contributed by atoms with Gasteiger partial charge in [0.2, 0.25) is 6.71 Å². The van der Waals surface area contributed by atoms with Crippen molar-refractivity contribution in [3.63, 3.8) is 0 Å². The third-order valence-electron chi connectivity index (χ3n) is 8.11. The van der Waals surface area contributed by atoms with Crippen LogP contribution in [0.15, 0.2) is 152 Å². The van der Waals surface area contributed by atoms with E-state index in [2.05, 4.69) is 156 Å². The van der Waals surface area contributed by atoms with Crippen molar-refractivity contribution in [3.8, 4) is 0 Å². The maximum absolute atomic E-state index is 4.26. The molecular formula is C37H41BN2Si. The summed E-state index contributed by atoms with van der Waals surface area (Å²) in [6.45, 7) is 2.86. The molecule has 0 unspecified atom stereocenters. The molecule has 4 heteroatoms. The lowest BCUT2D eigenvalue weighted by Crippen LogP contribution is -2.60.